The molecule has 0 aromatic heterocycles. The van der Waals surface area contributed by atoms with E-state index in [0.717, 1.165) is 0 Å². The van der Waals surface area contributed by atoms with E-state index in [4.69, 9.17) is 5.73 Å². The van der Waals surface area contributed by atoms with Crippen molar-refractivity contribution in [3.63, 3.8) is 0 Å². The van der Waals surface area contributed by atoms with Crippen LogP contribution in [0.5, 0.6) is 0 Å². The van der Waals surface area contributed by atoms with Gasteiger partial charge in [0.2, 0.25) is 0 Å². The van der Waals surface area contributed by atoms with Crippen LogP contribution in [0.3, 0.4) is 0 Å². The lowest BCUT2D eigenvalue weighted by atomic mass is 10.5. The summed E-state index contributed by atoms with van der Waals surface area (Å²) in [5, 5.41) is -1.24. The average molecular weight is 209 g/mol. The molecule has 0 radical (unpaired) electrons. The van der Waals surface area contributed by atoms with E-state index >= 15 is 0 Å². The van der Waals surface area contributed by atoms with E-state index in [1.807, 2.05) is 0 Å². The zero-order chi connectivity index (χ0) is 10.7. The molecule has 0 saturated heterocycles. The number of carbonyl (C=O) groups excluding carboxylic acids is 1. The number of hydrogen-bond acceptors (Lipinski definition) is 3. The van der Waals surface area contributed by atoms with Crippen LogP contribution >= 0.6 is 0 Å². The van der Waals surface area contributed by atoms with E-state index in [1.165, 1.54) is 0 Å². The number of sulfonamides is 1. The zero-order valence-electron chi connectivity index (χ0n) is 8.28. The van der Waals surface area contributed by atoms with Gasteiger partial charge in [0.15, 0.2) is 0 Å². The molecule has 0 aromatic carbocycles. The quantitative estimate of drug-likeness (QED) is 0.675. The van der Waals surface area contributed by atoms with Crippen LogP contribution in [0.2, 0.25) is 0 Å². The monoisotopic (exact) mass is 209 g/mol. The van der Waals surface area contributed by atoms with E-state index in [-0.39, 0.29) is 3.89 Å². The lowest BCUT2D eigenvalue weighted by molar-refractivity contribution is -0.798. The molecule has 0 saturated carbocycles. The van der Waals surface area contributed by atoms with Gasteiger partial charge < -0.3 is 5.73 Å². The van der Waals surface area contributed by atoms with Crippen molar-refractivity contribution in [3.8, 4) is 0 Å². The number of primary amides is 1. The summed E-state index contributed by atoms with van der Waals surface area (Å²) in [5.74, 6) is 0. The Morgan fingerprint density at radius 3 is 1.54 bits per heavy atom. The maximum absolute atomic E-state index is 11.5. The maximum Gasteiger partial charge on any atom is 0.388 e. The molecule has 0 aliphatic carbocycles. The average Bonchev–Trinajstić information content (AvgIpc) is 2.08. The smallest absolute Gasteiger partial charge is 0.351 e. The van der Waals surface area contributed by atoms with E-state index < -0.39 is 15.3 Å². The Morgan fingerprint density at radius 2 is 1.46 bits per heavy atom. The molecule has 1 amide bonds. The van der Waals surface area contributed by atoms with Gasteiger partial charge in [0, 0.05) is 0 Å². The number of quaternary nitrogens is 1. The summed E-state index contributed by atoms with van der Waals surface area (Å²) in [5.41, 5.74) is 4.84. The minimum atomic E-state index is -3.87. The highest BCUT2D eigenvalue weighted by atomic mass is 32.2. The molecule has 0 spiro atoms. The first kappa shape index (κ1) is 12.4. The number of nitrogens with two attached hydrogens (primary N) is 1. The van der Waals surface area contributed by atoms with Crippen molar-refractivity contribution in [1.82, 2.24) is 0 Å². The molecular weight excluding hydrogens is 192 g/mol. The molecule has 0 atom stereocenters. The van der Waals surface area contributed by atoms with Crippen LogP contribution in [0.1, 0.15) is 20.8 Å². The van der Waals surface area contributed by atoms with E-state index in [0.29, 0.717) is 19.6 Å². The van der Waals surface area contributed by atoms with Crippen LogP contribution in [-0.4, -0.2) is 37.2 Å². The standard InChI is InChI=1S/C7H16N2O3S/c1-4-9(5-2,6-3)13(11,12)7(8)10/h4-6H2,1-3H3,(H-,8,10)/p+1. The van der Waals surface area contributed by atoms with Crippen molar-refractivity contribution in [1.29, 1.82) is 0 Å². The largest absolute Gasteiger partial charge is 0.388 e. The Balaban J connectivity index is 5.30. The summed E-state index contributed by atoms with van der Waals surface area (Å²) in [6.45, 7) is 6.27. The third-order valence-electron chi connectivity index (χ3n) is 2.49. The second-order valence-electron chi connectivity index (χ2n) is 2.80. The predicted octanol–water partition coefficient (Wildman–Crippen LogP) is 0.271. The number of hydrogen-bond donors (Lipinski definition) is 1. The maximum atomic E-state index is 11.5. The minimum absolute atomic E-state index is 0.262. The minimum Gasteiger partial charge on any atom is -0.351 e. The van der Waals surface area contributed by atoms with Crippen LogP contribution < -0.4 is 5.73 Å². The third kappa shape index (κ3) is 1.83. The van der Waals surface area contributed by atoms with E-state index in [2.05, 4.69) is 0 Å². The predicted molar refractivity (Wildman–Crippen MR) is 50.4 cm³/mol. The molecule has 0 aliphatic rings. The van der Waals surface area contributed by atoms with Crippen LogP contribution in [0.4, 0.5) is 4.79 Å². The fraction of sp³-hybridized carbons (Fsp3) is 0.857. The van der Waals surface area contributed by atoms with E-state index in [1.54, 1.807) is 20.8 Å². The van der Waals surface area contributed by atoms with Crippen molar-refractivity contribution >= 4 is 15.3 Å². The SMILES string of the molecule is CC[N+](CC)(CC)S(=O)(=O)C(N)=O. The second-order valence-corrected chi connectivity index (χ2v) is 4.93. The molecule has 0 aromatic rings. The highest BCUT2D eigenvalue weighted by molar-refractivity contribution is 8.01. The van der Waals surface area contributed by atoms with Crippen molar-refractivity contribution < 1.29 is 17.1 Å². The molecule has 78 valence electrons. The molecule has 2 N–H and O–H groups in total. The summed E-state index contributed by atoms with van der Waals surface area (Å²) in [7, 11) is -3.87. The van der Waals surface area contributed by atoms with Gasteiger partial charge in [-0.3, -0.25) is 4.79 Å². The molecule has 0 bridgehead atoms. The van der Waals surface area contributed by atoms with Gasteiger partial charge >= 0.3 is 15.3 Å². The van der Waals surface area contributed by atoms with Gasteiger partial charge in [0.25, 0.3) is 0 Å². The lowest BCUT2D eigenvalue weighted by Crippen LogP contribution is -2.56. The lowest BCUT2D eigenvalue weighted by Gasteiger charge is -2.31. The molecule has 0 unspecified atom stereocenters. The fourth-order valence-corrected chi connectivity index (χ4v) is 2.77. The molecule has 0 rings (SSSR count). The normalized spacial score (nSPS) is 12.8. The summed E-state index contributed by atoms with van der Waals surface area (Å²) in [4.78, 5) is 10.8. The van der Waals surface area contributed by atoms with Gasteiger partial charge in [-0.15, -0.1) is 0 Å². The van der Waals surface area contributed by atoms with Crippen molar-refractivity contribution in [2.24, 2.45) is 5.73 Å². The third-order valence-corrected chi connectivity index (χ3v) is 4.80. The van der Waals surface area contributed by atoms with Crippen LogP contribution in [0.25, 0.3) is 0 Å². The first-order chi connectivity index (χ1) is 5.88. The number of amides is 1. The first-order valence-electron chi connectivity index (χ1n) is 4.28. The van der Waals surface area contributed by atoms with Crippen molar-refractivity contribution in [2.75, 3.05) is 19.6 Å². The number of rotatable bonds is 4. The molecule has 0 heterocycles. The topological polar surface area (TPSA) is 77.2 Å². The Hall–Kier alpha value is -0.620. The number of carbonyl (C=O) groups is 1. The van der Waals surface area contributed by atoms with Gasteiger partial charge in [0.1, 0.15) is 0 Å². The Labute approximate surface area is 79.2 Å². The second kappa shape index (κ2) is 4.06. The molecular formula is C7H17N2O3S+. The van der Waals surface area contributed by atoms with Gasteiger partial charge in [0.05, 0.1) is 19.6 Å². The van der Waals surface area contributed by atoms with Crippen LogP contribution in [-0.2, 0) is 10.0 Å². The molecule has 6 heteroatoms. The van der Waals surface area contributed by atoms with Gasteiger partial charge in [-0.25, -0.2) is 3.89 Å². The molecule has 5 nitrogen and oxygen atoms in total. The Bertz CT molecular complexity index is 272. The van der Waals surface area contributed by atoms with E-state index in [9.17, 15) is 13.2 Å². The summed E-state index contributed by atoms with van der Waals surface area (Å²) in [6.07, 6.45) is 0. The van der Waals surface area contributed by atoms with Crippen molar-refractivity contribution in [3.05, 3.63) is 0 Å². The Kier molecular flexibility index (Phi) is 3.87. The zero-order valence-corrected chi connectivity index (χ0v) is 9.10. The van der Waals surface area contributed by atoms with Gasteiger partial charge in [-0.1, -0.05) is 0 Å². The highest BCUT2D eigenvalue weighted by Gasteiger charge is 2.41. The summed E-state index contributed by atoms with van der Waals surface area (Å²) < 4.78 is 22.8. The highest BCUT2D eigenvalue weighted by Crippen LogP contribution is 2.14. The van der Waals surface area contributed by atoms with Gasteiger partial charge in [-0.2, -0.15) is 8.42 Å². The molecule has 0 aliphatic heterocycles. The Morgan fingerprint density at radius 1 is 1.15 bits per heavy atom. The fourth-order valence-electron chi connectivity index (χ4n) is 1.37. The molecule has 13 heavy (non-hydrogen) atoms. The number of nitrogens with zero attached hydrogens (tertiary/aromatic N) is 1. The molecule has 0 fully saturated rings. The summed E-state index contributed by atoms with van der Waals surface area (Å²) >= 11 is 0. The van der Waals surface area contributed by atoms with Gasteiger partial charge in [-0.05, 0) is 20.8 Å². The van der Waals surface area contributed by atoms with Crippen LogP contribution in [0, 0.1) is 0 Å². The van der Waals surface area contributed by atoms with Crippen LogP contribution in [0.15, 0.2) is 0 Å². The van der Waals surface area contributed by atoms with Crippen molar-refractivity contribution in [2.45, 2.75) is 20.8 Å². The summed E-state index contributed by atoms with van der Waals surface area (Å²) in [6, 6.07) is 0. The first-order valence-corrected chi connectivity index (χ1v) is 5.72.